The number of carboxylic acids is 1. The molecule has 0 fully saturated rings. The molecule has 0 aromatic carbocycles. The molecule has 0 rings (SSSR count). The molecule has 0 aliphatic carbocycles. The van der Waals surface area contributed by atoms with Gasteiger partial charge in [0.15, 0.2) is 6.10 Å². The summed E-state index contributed by atoms with van der Waals surface area (Å²) in [4.78, 5) is 10.9. The van der Waals surface area contributed by atoms with Gasteiger partial charge in [-0.05, 0) is 5.41 Å². The largest absolute Gasteiger partial charge is 0.479 e. The number of ether oxygens (including phenoxy) is 1. The van der Waals surface area contributed by atoms with Gasteiger partial charge in [0.05, 0.1) is 0 Å². The van der Waals surface area contributed by atoms with E-state index in [2.05, 4.69) is 0 Å². The Labute approximate surface area is 84.9 Å². The van der Waals surface area contributed by atoms with E-state index >= 15 is 0 Å². The molecule has 0 aromatic heterocycles. The van der Waals surface area contributed by atoms with Crippen LogP contribution in [0.1, 0.15) is 27.7 Å². The number of hydrogen-bond donors (Lipinski definition) is 2. The molecule has 1 atom stereocenters. The van der Waals surface area contributed by atoms with Gasteiger partial charge in [-0.2, -0.15) is 0 Å². The summed E-state index contributed by atoms with van der Waals surface area (Å²) >= 11 is 0. The fraction of sp³-hybridized carbons (Fsp3) is 0.900. The van der Waals surface area contributed by atoms with Gasteiger partial charge in [0.1, 0.15) is 0 Å². The smallest absolute Gasteiger partial charge is 0.333 e. The molecule has 4 heteroatoms. The van der Waals surface area contributed by atoms with Crippen LogP contribution in [0.3, 0.4) is 0 Å². The summed E-state index contributed by atoms with van der Waals surface area (Å²) in [5, 5.41) is 18.2. The zero-order valence-corrected chi connectivity index (χ0v) is 9.50. The van der Waals surface area contributed by atoms with E-state index in [9.17, 15) is 9.90 Å². The standard InChI is InChI=1S/C10H20O4/c1-9(2,6-11)10(3,4)7(14-5)8(12)13/h7,11H,6H2,1-5H3,(H,12,13). The Bertz CT molecular complexity index is 208. The van der Waals surface area contributed by atoms with Gasteiger partial charge in [-0.15, -0.1) is 0 Å². The molecule has 0 saturated carbocycles. The Morgan fingerprint density at radius 1 is 1.36 bits per heavy atom. The van der Waals surface area contributed by atoms with E-state index in [4.69, 9.17) is 9.84 Å². The number of carbonyl (C=O) groups is 1. The molecule has 0 radical (unpaired) electrons. The van der Waals surface area contributed by atoms with E-state index in [0.29, 0.717) is 0 Å². The van der Waals surface area contributed by atoms with Crippen molar-refractivity contribution in [2.45, 2.75) is 33.8 Å². The van der Waals surface area contributed by atoms with Gasteiger partial charge in [0, 0.05) is 19.1 Å². The number of aliphatic hydroxyl groups excluding tert-OH is 1. The lowest BCUT2D eigenvalue weighted by atomic mass is 9.65. The third-order valence-corrected chi connectivity index (χ3v) is 3.26. The second kappa shape index (κ2) is 4.28. The van der Waals surface area contributed by atoms with E-state index in [-0.39, 0.29) is 6.61 Å². The number of hydrogen-bond acceptors (Lipinski definition) is 3. The topological polar surface area (TPSA) is 66.8 Å². The normalized spacial score (nSPS) is 15.3. The number of methoxy groups -OCH3 is 1. The lowest BCUT2D eigenvalue weighted by molar-refractivity contribution is -0.165. The van der Waals surface area contributed by atoms with Gasteiger partial charge < -0.3 is 14.9 Å². The van der Waals surface area contributed by atoms with E-state index in [1.807, 2.05) is 13.8 Å². The highest BCUT2D eigenvalue weighted by Gasteiger charge is 2.46. The summed E-state index contributed by atoms with van der Waals surface area (Å²) in [5.41, 5.74) is -1.14. The Hall–Kier alpha value is -0.610. The van der Waals surface area contributed by atoms with Crippen molar-refractivity contribution in [3.8, 4) is 0 Å². The van der Waals surface area contributed by atoms with Crippen LogP contribution in [0.4, 0.5) is 0 Å². The first-order chi connectivity index (χ1) is 6.20. The van der Waals surface area contributed by atoms with Gasteiger partial charge in [-0.3, -0.25) is 0 Å². The zero-order valence-electron chi connectivity index (χ0n) is 9.50. The minimum absolute atomic E-state index is 0.0762. The predicted octanol–water partition coefficient (Wildman–Crippen LogP) is 1.13. The molecule has 0 saturated heterocycles. The maximum absolute atomic E-state index is 10.9. The molecular formula is C10H20O4. The minimum atomic E-state index is -1.00. The molecule has 0 bridgehead atoms. The van der Waals surface area contributed by atoms with Crippen molar-refractivity contribution in [3.63, 3.8) is 0 Å². The van der Waals surface area contributed by atoms with Crippen LogP contribution in [-0.4, -0.2) is 36.0 Å². The zero-order chi connectivity index (χ0) is 11.6. The van der Waals surface area contributed by atoms with Crippen molar-refractivity contribution in [2.24, 2.45) is 10.8 Å². The molecule has 1 unspecified atom stereocenters. The van der Waals surface area contributed by atoms with Crippen molar-refractivity contribution in [3.05, 3.63) is 0 Å². The lowest BCUT2D eigenvalue weighted by Gasteiger charge is -2.43. The van der Waals surface area contributed by atoms with E-state index in [1.54, 1.807) is 13.8 Å². The first kappa shape index (κ1) is 13.4. The van der Waals surface area contributed by atoms with Gasteiger partial charge in [0.2, 0.25) is 0 Å². The summed E-state index contributed by atoms with van der Waals surface area (Å²) in [6.07, 6.45) is -0.912. The van der Waals surface area contributed by atoms with Crippen molar-refractivity contribution in [1.29, 1.82) is 0 Å². The van der Waals surface area contributed by atoms with Crippen LogP contribution < -0.4 is 0 Å². The SMILES string of the molecule is COC(C(=O)O)C(C)(C)C(C)(C)CO. The molecule has 2 N–H and O–H groups in total. The van der Waals surface area contributed by atoms with Crippen LogP contribution in [0, 0.1) is 10.8 Å². The molecular weight excluding hydrogens is 184 g/mol. The highest BCUT2D eigenvalue weighted by molar-refractivity contribution is 5.73. The first-order valence-electron chi connectivity index (χ1n) is 4.57. The molecule has 0 aliphatic heterocycles. The van der Waals surface area contributed by atoms with Crippen LogP contribution >= 0.6 is 0 Å². The van der Waals surface area contributed by atoms with Crippen LogP contribution in [0.5, 0.6) is 0 Å². The fourth-order valence-corrected chi connectivity index (χ4v) is 1.26. The maximum atomic E-state index is 10.9. The van der Waals surface area contributed by atoms with E-state index < -0.39 is 22.9 Å². The molecule has 84 valence electrons. The van der Waals surface area contributed by atoms with Crippen LogP contribution in [0.2, 0.25) is 0 Å². The van der Waals surface area contributed by atoms with Gasteiger partial charge in [-0.1, -0.05) is 27.7 Å². The average molecular weight is 204 g/mol. The molecule has 0 amide bonds. The summed E-state index contributed by atoms with van der Waals surface area (Å²) in [6.45, 7) is 7.13. The molecule has 14 heavy (non-hydrogen) atoms. The predicted molar refractivity (Wildman–Crippen MR) is 53.1 cm³/mol. The number of aliphatic carboxylic acids is 1. The average Bonchev–Trinajstić information content (AvgIpc) is 2.03. The molecule has 4 nitrogen and oxygen atoms in total. The third-order valence-electron chi connectivity index (χ3n) is 3.26. The van der Waals surface area contributed by atoms with E-state index in [0.717, 1.165) is 0 Å². The summed E-state index contributed by atoms with van der Waals surface area (Å²) in [7, 11) is 1.37. The number of carboxylic acid groups (broad SMARTS) is 1. The van der Waals surface area contributed by atoms with Gasteiger partial charge in [0.25, 0.3) is 0 Å². The number of rotatable bonds is 5. The Morgan fingerprint density at radius 3 is 2.00 bits per heavy atom. The van der Waals surface area contributed by atoms with Crippen LogP contribution in [0.25, 0.3) is 0 Å². The molecule has 0 aliphatic rings. The lowest BCUT2D eigenvalue weighted by Crippen LogP contribution is -2.49. The Kier molecular flexibility index (Phi) is 4.09. The van der Waals surface area contributed by atoms with Crippen LogP contribution in [0.15, 0.2) is 0 Å². The molecule has 0 heterocycles. The minimum Gasteiger partial charge on any atom is -0.479 e. The first-order valence-corrected chi connectivity index (χ1v) is 4.57. The highest BCUT2D eigenvalue weighted by Crippen LogP contribution is 2.42. The summed E-state index contributed by atoms with van der Waals surface area (Å²) in [5.74, 6) is -1.00. The molecule has 0 spiro atoms. The molecule has 0 aromatic rings. The number of aliphatic hydroxyl groups is 1. The second-order valence-electron chi connectivity index (χ2n) is 4.72. The van der Waals surface area contributed by atoms with Crippen molar-refractivity contribution >= 4 is 5.97 Å². The van der Waals surface area contributed by atoms with Crippen LogP contribution in [-0.2, 0) is 9.53 Å². The van der Waals surface area contributed by atoms with Gasteiger partial charge >= 0.3 is 5.97 Å². The van der Waals surface area contributed by atoms with Crippen molar-refractivity contribution < 1.29 is 19.7 Å². The summed E-state index contributed by atoms with van der Waals surface area (Å²) in [6, 6.07) is 0. The fourth-order valence-electron chi connectivity index (χ4n) is 1.26. The monoisotopic (exact) mass is 204 g/mol. The quantitative estimate of drug-likeness (QED) is 0.704. The van der Waals surface area contributed by atoms with Crippen molar-refractivity contribution in [2.75, 3.05) is 13.7 Å². The Balaban J connectivity index is 5.00. The maximum Gasteiger partial charge on any atom is 0.333 e. The summed E-state index contributed by atoms with van der Waals surface area (Å²) < 4.78 is 4.95. The Morgan fingerprint density at radius 2 is 1.79 bits per heavy atom. The van der Waals surface area contributed by atoms with Gasteiger partial charge in [-0.25, -0.2) is 4.79 Å². The third kappa shape index (κ3) is 2.25. The second-order valence-corrected chi connectivity index (χ2v) is 4.72. The highest BCUT2D eigenvalue weighted by atomic mass is 16.5. The van der Waals surface area contributed by atoms with Crippen molar-refractivity contribution in [1.82, 2.24) is 0 Å². The van der Waals surface area contributed by atoms with E-state index in [1.165, 1.54) is 7.11 Å².